The largest absolute Gasteiger partial charge is 0.416 e. The van der Waals surface area contributed by atoms with Crippen molar-refractivity contribution in [1.82, 2.24) is 0 Å². The SMILES string of the molecule is COC(CO[SiH](C)[SiH3])(OC)OC. The summed E-state index contributed by atoms with van der Waals surface area (Å²) in [5, 5.41) is 0. The molecule has 0 amide bonds. The zero-order valence-corrected chi connectivity index (χ0v) is 11.6. The van der Waals surface area contributed by atoms with Gasteiger partial charge in [0.05, 0.1) is 0 Å². The molecule has 0 rings (SSSR count). The van der Waals surface area contributed by atoms with Crippen LogP contribution in [-0.2, 0) is 18.6 Å². The van der Waals surface area contributed by atoms with E-state index in [2.05, 4.69) is 6.55 Å². The zero-order valence-electron chi connectivity index (χ0n) is 8.42. The number of hydrogen-bond acceptors (Lipinski definition) is 4. The fourth-order valence-corrected chi connectivity index (χ4v) is 1.73. The second kappa shape index (κ2) is 5.84. The molecule has 12 heavy (non-hydrogen) atoms. The van der Waals surface area contributed by atoms with Crippen molar-refractivity contribution in [3.05, 3.63) is 0 Å². The van der Waals surface area contributed by atoms with Gasteiger partial charge in [-0.3, -0.25) is 0 Å². The lowest BCUT2D eigenvalue weighted by Crippen LogP contribution is -2.42. The van der Waals surface area contributed by atoms with E-state index in [-0.39, 0.29) is 0 Å². The highest BCUT2D eigenvalue weighted by atomic mass is 29.2. The standard InChI is InChI=1S/C6H18O4Si2/c1-7-6(8-2,9-3)5-10-12(4)11/h12H,5H2,1-4,11H3. The number of ether oxygens (including phenoxy) is 3. The van der Waals surface area contributed by atoms with Crippen LogP contribution in [0.1, 0.15) is 0 Å². The molecular formula is C6H18O4Si2. The van der Waals surface area contributed by atoms with Crippen LogP contribution in [0.3, 0.4) is 0 Å². The topological polar surface area (TPSA) is 36.9 Å². The van der Waals surface area contributed by atoms with Gasteiger partial charge in [-0.05, 0) is 0 Å². The molecule has 74 valence electrons. The first kappa shape index (κ1) is 12.3. The van der Waals surface area contributed by atoms with Crippen molar-refractivity contribution in [3.8, 4) is 0 Å². The quantitative estimate of drug-likeness (QED) is 0.408. The lowest BCUT2D eigenvalue weighted by molar-refractivity contribution is -0.361. The molecule has 1 unspecified atom stereocenters. The third-order valence-corrected chi connectivity index (χ3v) is 3.36. The number of rotatable bonds is 6. The summed E-state index contributed by atoms with van der Waals surface area (Å²) >= 11 is 0. The Bertz CT molecular complexity index is 108. The molecule has 0 aromatic heterocycles. The Labute approximate surface area is 78.1 Å². The summed E-state index contributed by atoms with van der Waals surface area (Å²) in [6.45, 7) is 2.49. The molecular weight excluding hydrogens is 192 g/mol. The number of hydrogen-bond donors (Lipinski definition) is 0. The van der Waals surface area contributed by atoms with E-state index < -0.39 is 14.5 Å². The molecule has 0 aliphatic rings. The Morgan fingerprint density at radius 3 is 1.83 bits per heavy atom. The van der Waals surface area contributed by atoms with Crippen molar-refractivity contribution in [2.45, 2.75) is 12.5 Å². The molecule has 6 heteroatoms. The molecule has 0 aromatic rings. The van der Waals surface area contributed by atoms with Gasteiger partial charge in [0.25, 0.3) is 0 Å². The van der Waals surface area contributed by atoms with Crippen LogP contribution in [-0.4, -0.2) is 52.2 Å². The van der Waals surface area contributed by atoms with E-state index in [9.17, 15) is 0 Å². The van der Waals surface area contributed by atoms with Crippen molar-refractivity contribution >= 4 is 18.3 Å². The lowest BCUT2D eigenvalue weighted by atomic mass is 10.6. The van der Waals surface area contributed by atoms with E-state index in [1.807, 2.05) is 0 Å². The van der Waals surface area contributed by atoms with Crippen LogP contribution in [0.5, 0.6) is 0 Å². The first-order valence-corrected chi connectivity index (χ1v) is 10.1. The van der Waals surface area contributed by atoms with Crippen LogP contribution in [0.4, 0.5) is 0 Å². The van der Waals surface area contributed by atoms with E-state index in [4.69, 9.17) is 18.6 Å². The molecule has 4 nitrogen and oxygen atoms in total. The Morgan fingerprint density at radius 1 is 1.17 bits per heavy atom. The van der Waals surface area contributed by atoms with Crippen LogP contribution in [0.2, 0.25) is 6.55 Å². The van der Waals surface area contributed by atoms with Gasteiger partial charge in [0.2, 0.25) is 0 Å². The monoisotopic (exact) mass is 210 g/mol. The second-order valence-corrected chi connectivity index (χ2v) is 9.96. The van der Waals surface area contributed by atoms with Gasteiger partial charge in [0.1, 0.15) is 6.61 Å². The van der Waals surface area contributed by atoms with Gasteiger partial charge in [-0.15, -0.1) is 0 Å². The fourth-order valence-electron chi connectivity index (χ4n) is 0.696. The fraction of sp³-hybridized carbons (Fsp3) is 1.00. The summed E-state index contributed by atoms with van der Waals surface area (Å²) in [5.41, 5.74) is 0. The predicted octanol–water partition coefficient (Wildman–Crippen LogP) is -1.19. The summed E-state index contributed by atoms with van der Waals surface area (Å²) in [5.74, 6) is -1.01. The van der Waals surface area contributed by atoms with Gasteiger partial charge in [0.15, 0.2) is 8.56 Å². The van der Waals surface area contributed by atoms with Gasteiger partial charge in [-0.1, -0.05) is 6.55 Å². The van der Waals surface area contributed by atoms with Gasteiger partial charge >= 0.3 is 5.97 Å². The summed E-state index contributed by atoms with van der Waals surface area (Å²) < 4.78 is 20.7. The molecule has 0 aliphatic carbocycles. The average molecular weight is 210 g/mol. The summed E-state index contributed by atoms with van der Waals surface area (Å²) in [6, 6.07) is 0. The van der Waals surface area contributed by atoms with E-state index in [1.165, 1.54) is 21.3 Å². The molecule has 0 heterocycles. The van der Waals surface area contributed by atoms with E-state index in [0.717, 1.165) is 9.76 Å². The Balaban J connectivity index is 3.93. The summed E-state index contributed by atoms with van der Waals surface area (Å²) in [6.07, 6.45) is 0. The maximum atomic E-state index is 5.51. The third kappa shape index (κ3) is 3.79. The molecule has 0 spiro atoms. The maximum Gasteiger partial charge on any atom is 0.305 e. The van der Waals surface area contributed by atoms with E-state index in [1.54, 1.807) is 0 Å². The molecule has 0 bridgehead atoms. The Hall–Kier alpha value is 0.274. The second-order valence-electron chi connectivity index (χ2n) is 2.66. The summed E-state index contributed by atoms with van der Waals surface area (Å²) in [7, 11) is 4.82. The third-order valence-electron chi connectivity index (χ3n) is 1.53. The minimum absolute atomic E-state index is 0.355. The molecule has 0 N–H and O–H groups in total. The smallest absolute Gasteiger partial charge is 0.305 e. The van der Waals surface area contributed by atoms with Crippen LogP contribution in [0.15, 0.2) is 0 Å². The lowest BCUT2D eigenvalue weighted by Gasteiger charge is -2.29. The van der Waals surface area contributed by atoms with Crippen LogP contribution >= 0.6 is 0 Å². The van der Waals surface area contributed by atoms with Crippen molar-refractivity contribution in [2.24, 2.45) is 0 Å². The first-order valence-electron chi connectivity index (χ1n) is 3.87. The molecule has 1 atom stereocenters. The van der Waals surface area contributed by atoms with Gasteiger partial charge < -0.3 is 18.6 Å². The van der Waals surface area contributed by atoms with Gasteiger partial charge in [0, 0.05) is 31.1 Å². The average Bonchev–Trinajstić information content (AvgIpc) is 2.08. The Kier molecular flexibility index (Phi) is 5.97. The molecule has 0 saturated carbocycles. The number of methoxy groups -OCH3 is 3. The molecule has 0 aromatic carbocycles. The minimum atomic E-state index is -1.01. The normalized spacial score (nSPS) is 15.0. The van der Waals surface area contributed by atoms with Gasteiger partial charge in [-0.25, -0.2) is 0 Å². The zero-order chi connectivity index (χ0) is 9.61. The van der Waals surface area contributed by atoms with Crippen molar-refractivity contribution in [2.75, 3.05) is 27.9 Å². The van der Waals surface area contributed by atoms with Crippen LogP contribution in [0.25, 0.3) is 0 Å². The van der Waals surface area contributed by atoms with Crippen LogP contribution in [0, 0.1) is 0 Å². The highest BCUT2D eigenvalue weighted by Crippen LogP contribution is 2.12. The van der Waals surface area contributed by atoms with Crippen molar-refractivity contribution < 1.29 is 18.6 Å². The maximum absolute atomic E-state index is 5.51. The Morgan fingerprint density at radius 2 is 1.58 bits per heavy atom. The van der Waals surface area contributed by atoms with Crippen LogP contribution < -0.4 is 0 Å². The molecule has 0 fully saturated rings. The van der Waals surface area contributed by atoms with Gasteiger partial charge in [-0.2, -0.15) is 0 Å². The predicted molar refractivity (Wildman–Crippen MR) is 52.7 cm³/mol. The van der Waals surface area contributed by atoms with Crippen molar-refractivity contribution in [1.29, 1.82) is 0 Å². The first-order chi connectivity index (χ1) is 5.60. The van der Waals surface area contributed by atoms with E-state index >= 15 is 0 Å². The minimum Gasteiger partial charge on any atom is -0.416 e. The molecule has 0 aliphatic heterocycles. The molecule has 0 saturated heterocycles. The van der Waals surface area contributed by atoms with E-state index in [0.29, 0.717) is 6.61 Å². The van der Waals surface area contributed by atoms with Crippen molar-refractivity contribution in [3.63, 3.8) is 0 Å². The highest BCUT2D eigenvalue weighted by molar-refractivity contribution is 6.98. The molecule has 0 radical (unpaired) electrons. The summed E-state index contributed by atoms with van der Waals surface area (Å²) in [4.78, 5) is 0. The highest BCUT2D eigenvalue weighted by Gasteiger charge is 2.29.